The first kappa shape index (κ1) is 13.4. The van der Waals surface area contributed by atoms with Gasteiger partial charge >= 0.3 is 0 Å². The molecule has 0 unspecified atom stereocenters. The summed E-state index contributed by atoms with van der Waals surface area (Å²) in [6.07, 6.45) is 1.57. The number of nitrogens with one attached hydrogen (secondary N) is 2. The van der Waals surface area contributed by atoms with Crippen LogP contribution < -0.4 is 5.73 Å². The molecule has 4 N–H and O–H groups in total. The second-order valence-corrected chi connectivity index (χ2v) is 4.61. The Labute approximate surface area is 124 Å². The minimum atomic E-state index is -0.260. The van der Waals surface area contributed by atoms with Crippen LogP contribution in [0.2, 0.25) is 0 Å². The molecular weight excluding hydrogens is 293 g/mol. The summed E-state index contributed by atoms with van der Waals surface area (Å²) in [7, 11) is 0. The summed E-state index contributed by atoms with van der Waals surface area (Å²) in [4.78, 5) is 14.6. The Kier molecular flexibility index (Phi) is 3.03. The van der Waals surface area contributed by atoms with E-state index in [4.69, 9.17) is 5.73 Å². The van der Waals surface area contributed by atoms with Crippen molar-refractivity contribution in [2.45, 2.75) is 0 Å². The van der Waals surface area contributed by atoms with E-state index in [2.05, 4.69) is 19.9 Å². The highest BCUT2D eigenvalue weighted by molar-refractivity contribution is 5.94. The number of anilines is 1. The molecule has 0 radical (unpaired) electrons. The number of rotatable bonds is 1. The van der Waals surface area contributed by atoms with Gasteiger partial charge < -0.3 is 15.7 Å². The molecule has 3 aromatic heterocycles. The van der Waals surface area contributed by atoms with Crippen molar-refractivity contribution in [1.29, 1.82) is 0 Å². The van der Waals surface area contributed by atoms with E-state index < -0.39 is 0 Å². The molecule has 3 heterocycles. The van der Waals surface area contributed by atoms with Crippen molar-refractivity contribution in [1.82, 2.24) is 19.9 Å². The summed E-state index contributed by atoms with van der Waals surface area (Å²) >= 11 is 0. The van der Waals surface area contributed by atoms with Gasteiger partial charge in [0.1, 0.15) is 11.6 Å². The summed E-state index contributed by atoms with van der Waals surface area (Å²) in [5.74, 6) is 0.133. The lowest BCUT2D eigenvalue weighted by Gasteiger charge is -2.01. The lowest BCUT2D eigenvalue weighted by Crippen LogP contribution is -1.92. The number of halogens is 2. The predicted molar refractivity (Wildman–Crippen MR) is 82.8 cm³/mol. The number of benzene rings is 1. The number of hydrogen-bond acceptors (Lipinski definition) is 3. The molecule has 1 aromatic carbocycles. The summed E-state index contributed by atoms with van der Waals surface area (Å²) in [5, 5.41) is 0.808. The van der Waals surface area contributed by atoms with Crippen LogP contribution in [-0.2, 0) is 0 Å². The van der Waals surface area contributed by atoms with Gasteiger partial charge in [-0.2, -0.15) is 0 Å². The Morgan fingerprint density at radius 1 is 1.14 bits per heavy atom. The normalized spacial score (nSPS) is 10.9. The zero-order valence-corrected chi connectivity index (χ0v) is 11.5. The number of fused-ring (bicyclic) bond motifs is 2. The molecule has 0 bridgehead atoms. The minimum absolute atomic E-state index is 0. The first-order chi connectivity index (χ1) is 9.70. The molecule has 0 fully saturated rings. The van der Waals surface area contributed by atoms with Gasteiger partial charge in [0.15, 0.2) is 5.65 Å². The summed E-state index contributed by atoms with van der Waals surface area (Å²) < 4.78 is 13.3. The second-order valence-electron chi connectivity index (χ2n) is 4.61. The third-order valence-corrected chi connectivity index (χ3v) is 3.29. The maximum atomic E-state index is 13.3. The third-order valence-electron chi connectivity index (χ3n) is 3.29. The fourth-order valence-electron chi connectivity index (χ4n) is 2.41. The predicted octanol–water partition coefficient (Wildman–Crippen LogP) is 3.25. The molecule has 0 saturated carbocycles. The average molecular weight is 304 g/mol. The highest BCUT2D eigenvalue weighted by Crippen LogP contribution is 2.29. The zero-order valence-electron chi connectivity index (χ0n) is 10.7. The first-order valence-electron chi connectivity index (χ1n) is 6.09. The van der Waals surface area contributed by atoms with Gasteiger partial charge in [0.25, 0.3) is 0 Å². The third kappa shape index (κ3) is 2.09. The molecule has 4 rings (SSSR count). The Morgan fingerprint density at radius 3 is 2.86 bits per heavy atom. The van der Waals surface area contributed by atoms with Crippen LogP contribution in [0.5, 0.6) is 0 Å². The first-order valence-corrected chi connectivity index (χ1v) is 6.09. The van der Waals surface area contributed by atoms with Crippen molar-refractivity contribution in [2.75, 3.05) is 5.73 Å². The molecule has 7 heteroatoms. The van der Waals surface area contributed by atoms with Crippen molar-refractivity contribution >= 4 is 40.3 Å². The number of hydrogen-bond donors (Lipinski definition) is 3. The number of nitrogen functional groups attached to an aromatic ring is 1. The van der Waals surface area contributed by atoms with E-state index >= 15 is 0 Å². The number of nitrogens with zero attached hydrogens (tertiary/aromatic N) is 2. The maximum Gasteiger partial charge on any atom is 0.180 e. The molecule has 0 aliphatic rings. The summed E-state index contributed by atoms with van der Waals surface area (Å²) in [6.45, 7) is 0. The van der Waals surface area contributed by atoms with E-state index in [9.17, 15) is 4.39 Å². The van der Waals surface area contributed by atoms with Crippen LogP contribution in [0, 0.1) is 5.82 Å². The number of pyridine rings is 1. The van der Waals surface area contributed by atoms with Gasteiger partial charge in [0.05, 0.1) is 11.8 Å². The Bertz CT molecular complexity index is 943. The van der Waals surface area contributed by atoms with Gasteiger partial charge in [0, 0.05) is 22.2 Å². The van der Waals surface area contributed by atoms with Gasteiger partial charge in [-0.15, -0.1) is 12.4 Å². The lowest BCUT2D eigenvalue weighted by atomic mass is 10.1. The summed E-state index contributed by atoms with van der Waals surface area (Å²) in [5.41, 5.74) is 9.73. The van der Waals surface area contributed by atoms with Crippen LogP contribution in [0.4, 0.5) is 10.2 Å². The zero-order chi connectivity index (χ0) is 13.7. The standard InChI is InChI=1S/C14H10FN5.ClH/c15-8-1-2-10-7(3-8)4-11(19-10)9-5-12(16)20-14-13(9)17-6-18-14;/h1-6,19H,(H3,16,17,18,20);1H. The molecule has 21 heavy (non-hydrogen) atoms. The van der Waals surface area contributed by atoms with Crippen LogP contribution in [0.15, 0.2) is 36.7 Å². The van der Waals surface area contributed by atoms with Crippen molar-refractivity contribution in [3.63, 3.8) is 0 Å². The Hall–Kier alpha value is -2.60. The van der Waals surface area contributed by atoms with Crippen LogP contribution in [0.25, 0.3) is 33.3 Å². The molecule has 0 amide bonds. The van der Waals surface area contributed by atoms with E-state index in [-0.39, 0.29) is 18.2 Å². The van der Waals surface area contributed by atoms with Crippen molar-refractivity contribution in [3.8, 4) is 11.3 Å². The number of nitrogens with two attached hydrogens (primary N) is 1. The molecular formula is C14H11ClFN5. The molecule has 0 aliphatic heterocycles. The number of H-pyrrole nitrogens is 2. The van der Waals surface area contributed by atoms with Gasteiger partial charge in [-0.25, -0.2) is 14.4 Å². The minimum Gasteiger partial charge on any atom is -0.384 e. The molecule has 0 aliphatic carbocycles. The van der Waals surface area contributed by atoms with Gasteiger partial charge in [0.2, 0.25) is 0 Å². The van der Waals surface area contributed by atoms with Gasteiger partial charge in [-0.1, -0.05) is 0 Å². The lowest BCUT2D eigenvalue weighted by molar-refractivity contribution is 0.630. The second kappa shape index (κ2) is 4.75. The molecule has 4 aromatic rings. The Balaban J connectivity index is 0.00000132. The highest BCUT2D eigenvalue weighted by atomic mass is 35.5. The molecule has 0 saturated heterocycles. The fourth-order valence-corrected chi connectivity index (χ4v) is 2.41. The molecule has 106 valence electrons. The fraction of sp³-hybridized carbons (Fsp3) is 0. The smallest absolute Gasteiger partial charge is 0.180 e. The van der Waals surface area contributed by atoms with E-state index in [1.807, 2.05) is 6.07 Å². The molecule has 5 nitrogen and oxygen atoms in total. The highest BCUT2D eigenvalue weighted by Gasteiger charge is 2.11. The van der Waals surface area contributed by atoms with Crippen LogP contribution in [0.1, 0.15) is 0 Å². The number of aromatic amines is 2. The average Bonchev–Trinajstić information content (AvgIpc) is 3.02. The Morgan fingerprint density at radius 2 is 2.00 bits per heavy atom. The number of imidazole rings is 1. The largest absolute Gasteiger partial charge is 0.384 e. The molecule has 0 spiro atoms. The van der Waals surface area contributed by atoms with E-state index in [0.29, 0.717) is 11.5 Å². The van der Waals surface area contributed by atoms with E-state index in [0.717, 1.165) is 27.7 Å². The van der Waals surface area contributed by atoms with Crippen molar-refractivity contribution in [3.05, 3.63) is 42.5 Å². The maximum absolute atomic E-state index is 13.3. The number of aromatic nitrogens is 4. The SMILES string of the molecule is Cl.Nc1cc(-c2cc3cc(F)ccc3[nH]2)c2[nH]cnc2n1. The monoisotopic (exact) mass is 303 g/mol. The quantitative estimate of drug-likeness (QED) is 0.505. The topological polar surface area (TPSA) is 83.4 Å². The summed E-state index contributed by atoms with van der Waals surface area (Å²) in [6, 6.07) is 8.28. The van der Waals surface area contributed by atoms with Crippen molar-refractivity contribution < 1.29 is 4.39 Å². The van der Waals surface area contributed by atoms with Crippen LogP contribution in [0.3, 0.4) is 0 Å². The van der Waals surface area contributed by atoms with Crippen LogP contribution in [-0.4, -0.2) is 19.9 Å². The van der Waals surface area contributed by atoms with Gasteiger partial charge in [-0.3, -0.25) is 0 Å². The van der Waals surface area contributed by atoms with Gasteiger partial charge in [-0.05, 0) is 30.3 Å². The van der Waals surface area contributed by atoms with Crippen LogP contribution >= 0.6 is 12.4 Å². The molecule has 0 atom stereocenters. The van der Waals surface area contributed by atoms with Crippen molar-refractivity contribution in [2.24, 2.45) is 0 Å². The van der Waals surface area contributed by atoms with E-state index in [1.54, 1.807) is 18.5 Å². The van der Waals surface area contributed by atoms with E-state index in [1.165, 1.54) is 12.1 Å².